The maximum Gasteiger partial charge on any atom is 0.0998 e. The van der Waals surface area contributed by atoms with Gasteiger partial charge in [-0.25, -0.2) is 0 Å². The number of benzene rings is 6. The summed E-state index contributed by atoms with van der Waals surface area (Å²) in [5, 5.41) is 12.3. The quantitative estimate of drug-likeness (QED) is 0.231. The smallest absolute Gasteiger partial charge is 0.0998 e. The summed E-state index contributed by atoms with van der Waals surface area (Å²) in [6, 6.07) is 48.2. The summed E-state index contributed by atoms with van der Waals surface area (Å²) in [5.41, 5.74) is 12.9. The van der Waals surface area contributed by atoms with Gasteiger partial charge in [0, 0.05) is 11.0 Å². The van der Waals surface area contributed by atoms with E-state index in [0.717, 1.165) is 17.5 Å². The Hall–Kier alpha value is -4.93. The summed E-state index contributed by atoms with van der Waals surface area (Å²) in [5.74, 6) is 0. The van der Waals surface area contributed by atoms with E-state index in [4.69, 9.17) is 0 Å². The zero-order chi connectivity index (χ0) is 27.3. The molecule has 0 atom stereocenters. The molecule has 0 spiro atoms. The lowest BCUT2D eigenvalue weighted by Crippen LogP contribution is -2.15. The molecule has 0 saturated heterocycles. The van der Waals surface area contributed by atoms with Gasteiger partial charge in [-0.15, -0.1) is 0 Å². The predicted molar refractivity (Wildman–Crippen MR) is 166 cm³/mol. The molecule has 1 aliphatic rings. The van der Waals surface area contributed by atoms with Crippen molar-refractivity contribution >= 4 is 10.8 Å². The number of hydrogen-bond donors (Lipinski definition) is 0. The van der Waals surface area contributed by atoms with Crippen molar-refractivity contribution in [3.8, 4) is 39.4 Å². The molecular weight excluding hydrogens is 482 g/mol. The highest BCUT2D eigenvalue weighted by atomic mass is 14.4. The Kier molecular flexibility index (Phi) is 5.65. The van der Waals surface area contributed by atoms with Crippen LogP contribution in [0.5, 0.6) is 0 Å². The molecular formula is C39H29N. The van der Waals surface area contributed by atoms with Crippen LogP contribution in [0.25, 0.3) is 44.2 Å². The van der Waals surface area contributed by atoms with E-state index in [1.54, 1.807) is 0 Å². The molecule has 0 unspecified atom stereocenters. The molecule has 1 heteroatoms. The zero-order valence-electron chi connectivity index (χ0n) is 22.8. The van der Waals surface area contributed by atoms with E-state index < -0.39 is 0 Å². The van der Waals surface area contributed by atoms with Gasteiger partial charge < -0.3 is 0 Å². The Morgan fingerprint density at radius 1 is 0.550 bits per heavy atom. The minimum atomic E-state index is -0.162. The molecule has 0 aliphatic heterocycles. The van der Waals surface area contributed by atoms with Gasteiger partial charge in [-0.3, -0.25) is 0 Å². The Morgan fingerprint density at radius 3 is 1.85 bits per heavy atom. The Bertz CT molecular complexity index is 1940. The molecule has 7 rings (SSSR count). The fraction of sp³-hybridized carbons (Fsp3) is 0.103. The van der Waals surface area contributed by atoms with Crippen LogP contribution < -0.4 is 0 Å². The highest BCUT2D eigenvalue weighted by Crippen LogP contribution is 2.51. The van der Waals surface area contributed by atoms with E-state index in [0.29, 0.717) is 0 Å². The lowest BCUT2D eigenvalue weighted by molar-refractivity contribution is 0.660. The van der Waals surface area contributed by atoms with Crippen LogP contribution in [0.1, 0.15) is 41.7 Å². The van der Waals surface area contributed by atoms with Crippen LogP contribution in [-0.4, -0.2) is 0 Å². The van der Waals surface area contributed by atoms with Crippen molar-refractivity contribution in [2.24, 2.45) is 0 Å². The predicted octanol–water partition coefficient (Wildman–Crippen LogP) is 9.94. The molecule has 0 fully saturated rings. The molecule has 0 heterocycles. The van der Waals surface area contributed by atoms with E-state index in [1.165, 1.54) is 60.8 Å². The second-order valence-electron chi connectivity index (χ2n) is 11.3. The van der Waals surface area contributed by atoms with Crippen molar-refractivity contribution in [3.63, 3.8) is 0 Å². The summed E-state index contributed by atoms with van der Waals surface area (Å²) in [6.07, 6.45) is 0.940. The van der Waals surface area contributed by atoms with Crippen LogP contribution in [0.3, 0.4) is 0 Å². The van der Waals surface area contributed by atoms with Gasteiger partial charge in [-0.05, 0) is 79.4 Å². The van der Waals surface area contributed by atoms with E-state index in [1.807, 2.05) is 12.1 Å². The first kappa shape index (κ1) is 24.1. The van der Waals surface area contributed by atoms with Crippen molar-refractivity contribution in [2.45, 2.75) is 25.7 Å². The maximum absolute atomic E-state index is 9.80. The van der Waals surface area contributed by atoms with Crippen LogP contribution >= 0.6 is 0 Å². The highest BCUT2D eigenvalue weighted by Gasteiger charge is 2.37. The van der Waals surface area contributed by atoms with Crippen molar-refractivity contribution < 1.29 is 0 Å². The fourth-order valence-electron chi connectivity index (χ4n) is 6.48. The van der Waals surface area contributed by atoms with E-state index >= 15 is 0 Å². The van der Waals surface area contributed by atoms with Gasteiger partial charge in [0.2, 0.25) is 0 Å². The summed E-state index contributed by atoms with van der Waals surface area (Å²) in [6.45, 7) is 4.54. The molecule has 0 N–H and O–H groups in total. The first-order valence-corrected chi connectivity index (χ1v) is 13.9. The van der Waals surface area contributed by atoms with Gasteiger partial charge >= 0.3 is 0 Å². The summed E-state index contributed by atoms with van der Waals surface area (Å²) < 4.78 is 0. The van der Waals surface area contributed by atoms with E-state index in [9.17, 15) is 5.26 Å². The molecule has 0 bridgehead atoms. The molecule has 6 aromatic rings. The Labute approximate surface area is 236 Å². The molecule has 0 amide bonds. The summed E-state index contributed by atoms with van der Waals surface area (Å²) >= 11 is 0. The number of fused-ring (bicyclic) bond motifs is 4. The van der Waals surface area contributed by atoms with Crippen molar-refractivity contribution in [1.82, 2.24) is 0 Å². The SMILES string of the molecule is CC1(C)c2cc(-c3ccc(-c4ccc(Cc5ccccc5)cc4)c4ccccc34)ccc2-c2c(C#N)cccc21. The third-order valence-electron chi connectivity index (χ3n) is 8.57. The number of nitrogens with zero attached hydrogens (tertiary/aromatic N) is 1. The fourth-order valence-corrected chi connectivity index (χ4v) is 6.48. The standard InChI is InChI=1S/C39H29N/c1-39(2)36-14-8-11-30(25-40)38(36)35-20-19-29(24-37(35)39)32-22-21-31(33-12-6-7-13-34(32)33)28-17-15-27(16-18-28)23-26-9-4-3-5-10-26/h3-22,24H,23H2,1-2H3. The van der Waals surface area contributed by atoms with Gasteiger partial charge in [0.15, 0.2) is 0 Å². The molecule has 1 nitrogen and oxygen atoms in total. The van der Waals surface area contributed by atoms with Crippen LogP contribution in [0.4, 0.5) is 0 Å². The molecule has 1 aliphatic carbocycles. The first-order chi connectivity index (χ1) is 19.5. The number of hydrogen-bond acceptors (Lipinski definition) is 1. The van der Waals surface area contributed by atoms with Crippen LogP contribution in [0, 0.1) is 11.3 Å². The minimum absolute atomic E-state index is 0.162. The van der Waals surface area contributed by atoms with Gasteiger partial charge in [-0.1, -0.05) is 129 Å². The largest absolute Gasteiger partial charge is 0.192 e. The van der Waals surface area contributed by atoms with Crippen LogP contribution in [0.2, 0.25) is 0 Å². The molecule has 6 aromatic carbocycles. The minimum Gasteiger partial charge on any atom is -0.192 e. The van der Waals surface area contributed by atoms with Gasteiger partial charge in [0.25, 0.3) is 0 Å². The lowest BCUT2D eigenvalue weighted by atomic mass is 9.81. The molecule has 0 saturated carbocycles. The molecule has 0 radical (unpaired) electrons. The molecule has 0 aromatic heterocycles. The second-order valence-corrected chi connectivity index (χ2v) is 11.3. The lowest BCUT2D eigenvalue weighted by Gasteiger charge is -2.22. The highest BCUT2D eigenvalue weighted by molar-refractivity contribution is 6.05. The third kappa shape index (κ3) is 3.84. The second kappa shape index (κ2) is 9.37. The van der Waals surface area contributed by atoms with Crippen molar-refractivity contribution in [2.75, 3.05) is 0 Å². The van der Waals surface area contributed by atoms with Gasteiger partial charge in [0.05, 0.1) is 11.6 Å². The van der Waals surface area contributed by atoms with Crippen molar-refractivity contribution in [1.29, 1.82) is 5.26 Å². The maximum atomic E-state index is 9.80. The number of rotatable bonds is 4. The third-order valence-corrected chi connectivity index (χ3v) is 8.57. The Morgan fingerprint density at radius 2 is 1.15 bits per heavy atom. The molecule has 40 heavy (non-hydrogen) atoms. The van der Waals surface area contributed by atoms with E-state index in [2.05, 4.69) is 135 Å². The number of nitriles is 1. The normalized spacial score (nSPS) is 13.0. The van der Waals surface area contributed by atoms with E-state index in [-0.39, 0.29) is 5.41 Å². The summed E-state index contributed by atoms with van der Waals surface area (Å²) in [4.78, 5) is 0. The topological polar surface area (TPSA) is 23.8 Å². The Balaban J connectivity index is 1.30. The first-order valence-electron chi connectivity index (χ1n) is 13.9. The monoisotopic (exact) mass is 511 g/mol. The van der Waals surface area contributed by atoms with Gasteiger partial charge in [-0.2, -0.15) is 5.26 Å². The average Bonchev–Trinajstić information content (AvgIpc) is 3.23. The zero-order valence-corrected chi connectivity index (χ0v) is 22.8. The van der Waals surface area contributed by atoms with Gasteiger partial charge in [0.1, 0.15) is 0 Å². The average molecular weight is 512 g/mol. The van der Waals surface area contributed by atoms with Crippen molar-refractivity contribution in [3.05, 3.63) is 155 Å². The summed E-state index contributed by atoms with van der Waals surface area (Å²) in [7, 11) is 0. The van der Waals surface area contributed by atoms with Crippen LogP contribution in [0.15, 0.2) is 127 Å². The van der Waals surface area contributed by atoms with Crippen LogP contribution in [-0.2, 0) is 11.8 Å². The molecule has 190 valence electrons.